The van der Waals surface area contributed by atoms with Gasteiger partial charge in [-0.1, -0.05) is 24.4 Å². The maximum atomic E-state index is 13.3. The van der Waals surface area contributed by atoms with E-state index in [0.717, 1.165) is 17.8 Å². The summed E-state index contributed by atoms with van der Waals surface area (Å²) < 4.78 is 89.0. The van der Waals surface area contributed by atoms with Gasteiger partial charge in [-0.25, -0.2) is 0 Å². The lowest BCUT2D eigenvalue weighted by molar-refractivity contribution is -0.143. The number of hydrogen-bond acceptors (Lipinski definition) is 5. The Morgan fingerprint density at radius 3 is 2.31 bits per heavy atom. The molecule has 1 saturated heterocycles. The zero-order valence-electron chi connectivity index (χ0n) is 16.1. The first kappa shape index (κ1) is 23.9. The van der Waals surface area contributed by atoms with Gasteiger partial charge in [-0.3, -0.25) is 4.79 Å². The van der Waals surface area contributed by atoms with Gasteiger partial charge in [0.15, 0.2) is 11.5 Å². The predicted molar refractivity (Wildman–Crippen MR) is 110 cm³/mol. The molecule has 0 spiro atoms. The van der Waals surface area contributed by atoms with E-state index in [0.29, 0.717) is 16.5 Å². The Hall–Kier alpha value is -2.73. The molecule has 0 aromatic heterocycles. The fraction of sp³-hybridized carbons (Fsp3) is 0.200. The molecule has 2 aromatic carbocycles. The van der Waals surface area contributed by atoms with Crippen molar-refractivity contribution in [3.63, 3.8) is 0 Å². The zero-order chi connectivity index (χ0) is 23.7. The zero-order valence-corrected chi connectivity index (χ0v) is 17.7. The fourth-order valence-corrected chi connectivity index (χ4v) is 3.80. The maximum Gasteiger partial charge on any atom is 0.416 e. The van der Waals surface area contributed by atoms with Gasteiger partial charge in [0.1, 0.15) is 11.6 Å². The number of benzene rings is 2. The first-order valence-corrected chi connectivity index (χ1v) is 9.94. The molecule has 1 amide bonds. The first-order valence-electron chi connectivity index (χ1n) is 8.71. The van der Waals surface area contributed by atoms with Gasteiger partial charge in [-0.2, -0.15) is 26.3 Å². The summed E-state index contributed by atoms with van der Waals surface area (Å²) in [5, 5.41) is 2.15. The maximum absolute atomic E-state index is 13.3. The van der Waals surface area contributed by atoms with Crippen molar-refractivity contribution < 1.29 is 40.6 Å². The number of nitrogens with one attached hydrogen (secondary N) is 1. The highest BCUT2D eigenvalue weighted by Gasteiger charge is 2.38. The van der Waals surface area contributed by atoms with Gasteiger partial charge in [0.05, 0.1) is 23.1 Å². The molecule has 170 valence electrons. The molecule has 12 heteroatoms. The second kappa shape index (κ2) is 9.02. The van der Waals surface area contributed by atoms with Crippen molar-refractivity contribution >= 4 is 40.3 Å². The summed E-state index contributed by atoms with van der Waals surface area (Å²) in [6.07, 6.45) is -8.29. The molecule has 1 heterocycles. The van der Waals surface area contributed by atoms with Crippen LogP contribution in [0, 0.1) is 0 Å². The lowest BCUT2D eigenvalue weighted by Crippen LogP contribution is -2.15. The van der Waals surface area contributed by atoms with E-state index in [-0.39, 0.29) is 27.8 Å². The number of halogens is 6. The van der Waals surface area contributed by atoms with Gasteiger partial charge < -0.3 is 14.8 Å². The van der Waals surface area contributed by atoms with E-state index in [2.05, 4.69) is 5.32 Å². The van der Waals surface area contributed by atoms with Crippen LogP contribution in [0.1, 0.15) is 22.3 Å². The minimum atomic E-state index is -5.00. The number of thioether (sulfide) groups is 1. The van der Waals surface area contributed by atoms with Gasteiger partial charge >= 0.3 is 12.4 Å². The second-order valence-electron chi connectivity index (χ2n) is 6.42. The summed E-state index contributed by atoms with van der Waals surface area (Å²) in [6.45, 7) is -0.637. The van der Waals surface area contributed by atoms with E-state index in [1.165, 1.54) is 19.2 Å². The molecule has 1 N–H and O–H groups in total. The third-order valence-corrected chi connectivity index (χ3v) is 5.53. The molecule has 0 bridgehead atoms. The summed E-state index contributed by atoms with van der Waals surface area (Å²) in [5.74, 6) is 0.256. The average Bonchev–Trinajstić information content (AvgIpc) is 3.01. The van der Waals surface area contributed by atoms with Gasteiger partial charge in [-0.15, -0.1) is 0 Å². The quantitative estimate of drug-likeness (QED) is 0.295. The molecule has 3 rings (SSSR count). The van der Waals surface area contributed by atoms with Crippen LogP contribution in [0.5, 0.6) is 11.5 Å². The minimum Gasteiger partial charge on any atom is -0.493 e. The van der Waals surface area contributed by atoms with Crippen LogP contribution in [-0.2, 0) is 19.0 Å². The Bertz CT molecular complexity index is 1100. The monoisotopic (exact) mass is 493 g/mol. The van der Waals surface area contributed by atoms with Gasteiger partial charge in [0, 0.05) is 5.56 Å². The smallest absolute Gasteiger partial charge is 0.416 e. The van der Waals surface area contributed by atoms with Gasteiger partial charge in [0.2, 0.25) is 0 Å². The molecule has 1 aliphatic heterocycles. The van der Waals surface area contributed by atoms with E-state index in [1.807, 2.05) is 0 Å². The number of carbonyl (C=O) groups is 1. The topological polar surface area (TPSA) is 47.6 Å². The van der Waals surface area contributed by atoms with Gasteiger partial charge in [0.25, 0.3) is 5.24 Å². The molecule has 4 nitrogen and oxygen atoms in total. The van der Waals surface area contributed by atoms with Crippen molar-refractivity contribution in [2.24, 2.45) is 0 Å². The third-order valence-electron chi connectivity index (χ3n) is 4.25. The van der Waals surface area contributed by atoms with Crippen LogP contribution in [0.3, 0.4) is 0 Å². The molecule has 0 unspecified atom stereocenters. The van der Waals surface area contributed by atoms with Crippen LogP contribution in [0.2, 0.25) is 0 Å². The molecule has 0 saturated carbocycles. The van der Waals surface area contributed by atoms with Crippen molar-refractivity contribution in [2.75, 3.05) is 7.11 Å². The number of alkyl halides is 6. The number of thiocarbonyl (C=S) groups is 1. The van der Waals surface area contributed by atoms with E-state index in [9.17, 15) is 31.1 Å². The highest BCUT2D eigenvalue weighted by molar-refractivity contribution is 8.19. The van der Waals surface area contributed by atoms with Crippen molar-refractivity contribution in [3.05, 3.63) is 63.6 Å². The Balaban J connectivity index is 1.85. The van der Waals surface area contributed by atoms with Crippen LogP contribution in [0.15, 0.2) is 41.3 Å². The molecular formula is C20H13F6NO3S2. The van der Waals surface area contributed by atoms with Crippen LogP contribution in [-0.4, -0.2) is 17.3 Å². The normalized spacial score (nSPS) is 15.8. The van der Waals surface area contributed by atoms with Crippen LogP contribution >= 0.6 is 24.0 Å². The Morgan fingerprint density at radius 2 is 1.75 bits per heavy atom. The SMILES string of the molecule is COc1cc(C=C2SC(=O)NC2=S)ccc1OCc1ccc(C(F)(F)F)cc1C(F)(F)F. The lowest BCUT2D eigenvalue weighted by atomic mass is 10.0. The van der Waals surface area contributed by atoms with Crippen molar-refractivity contribution in [3.8, 4) is 11.5 Å². The van der Waals surface area contributed by atoms with Crippen LogP contribution < -0.4 is 14.8 Å². The van der Waals surface area contributed by atoms with Crippen LogP contribution in [0.25, 0.3) is 6.08 Å². The number of ether oxygens (including phenoxy) is 2. The summed E-state index contributed by atoms with van der Waals surface area (Å²) in [7, 11) is 1.32. The van der Waals surface area contributed by atoms with Crippen molar-refractivity contribution in [1.29, 1.82) is 0 Å². The molecule has 2 aromatic rings. The molecular weight excluding hydrogens is 480 g/mol. The Morgan fingerprint density at radius 1 is 1.03 bits per heavy atom. The number of carbonyl (C=O) groups excluding carboxylic acids is 1. The summed E-state index contributed by atoms with van der Waals surface area (Å²) in [4.78, 5) is 12.1. The molecule has 0 radical (unpaired) electrons. The standard InChI is InChI=1S/C20H13F6NO3S2/c1-29-15-6-10(7-16-17(31)27-18(28)32-16)2-5-14(15)30-9-11-3-4-12(19(21,22)23)8-13(11)20(24,25)26/h2-8H,9H2,1H3,(H,27,28,31). The van der Waals surface area contributed by atoms with E-state index in [1.54, 1.807) is 12.1 Å². The van der Waals surface area contributed by atoms with Crippen molar-refractivity contribution in [1.82, 2.24) is 5.32 Å². The number of methoxy groups -OCH3 is 1. The van der Waals surface area contributed by atoms with Crippen LogP contribution in [0.4, 0.5) is 31.1 Å². The van der Waals surface area contributed by atoms with E-state index in [4.69, 9.17) is 21.7 Å². The van der Waals surface area contributed by atoms with Crippen molar-refractivity contribution in [2.45, 2.75) is 19.0 Å². The highest BCUT2D eigenvalue weighted by Crippen LogP contribution is 2.38. The summed E-state index contributed by atoms with van der Waals surface area (Å²) >= 11 is 5.95. The lowest BCUT2D eigenvalue weighted by Gasteiger charge is -2.17. The average molecular weight is 493 g/mol. The van der Waals surface area contributed by atoms with E-state index >= 15 is 0 Å². The largest absolute Gasteiger partial charge is 0.493 e. The molecule has 0 aliphatic carbocycles. The first-order chi connectivity index (χ1) is 14.9. The van der Waals surface area contributed by atoms with E-state index < -0.39 is 35.6 Å². The summed E-state index contributed by atoms with van der Waals surface area (Å²) in [5.41, 5.74) is -2.71. The molecule has 0 atom stereocenters. The van der Waals surface area contributed by atoms with Gasteiger partial charge in [-0.05, 0) is 47.7 Å². The number of hydrogen-bond donors (Lipinski definition) is 1. The molecule has 32 heavy (non-hydrogen) atoms. The second-order valence-corrected chi connectivity index (χ2v) is 7.84. The Labute approximate surface area is 187 Å². The highest BCUT2D eigenvalue weighted by atomic mass is 32.2. The third kappa shape index (κ3) is 5.54. The fourth-order valence-electron chi connectivity index (χ4n) is 2.76. The number of rotatable bonds is 5. The predicted octanol–water partition coefficient (Wildman–Crippen LogP) is 6.44. The molecule has 1 aliphatic rings. The minimum absolute atomic E-state index is 0.0582. The Kier molecular flexibility index (Phi) is 6.75. The molecule has 1 fully saturated rings. The number of amides is 1. The summed E-state index contributed by atoms with van der Waals surface area (Å²) in [6, 6.07) is 5.88.